The molecule has 0 aliphatic heterocycles. The Morgan fingerprint density at radius 1 is 1.35 bits per heavy atom. The molecular weight excluding hydrogens is 214 g/mol. The quantitative estimate of drug-likeness (QED) is 0.827. The Labute approximate surface area is 98.9 Å². The normalized spacial score (nSPS) is 9.65. The molecule has 2 rings (SSSR count). The number of rotatable bonds is 3. The number of anilines is 2. The van der Waals surface area contributed by atoms with Gasteiger partial charge in [0.2, 0.25) is 0 Å². The molecular formula is C12H11N5. The van der Waals surface area contributed by atoms with E-state index >= 15 is 0 Å². The van der Waals surface area contributed by atoms with Crippen LogP contribution in [0.25, 0.3) is 0 Å². The van der Waals surface area contributed by atoms with Crippen molar-refractivity contribution in [1.29, 1.82) is 5.26 Å². The van der Waals surface area contributed by atoms with Crippen LogP contribution in [0.15, 0.2) is 36.5 Å². The average molecular weight is 225 g/mol. The Morgan fingerprint density at radius 2 is 2.24 bits per heavy atom. The van der Waals surface area contributed by atoms with Crippen LogP contribution in [-0.2, 0) is 6.54 Å². The van der Waals surface area contributed by atoms with E-state index in [0.717, 1.165) is 5.69 Å². The molecule has 0 aliphatic rings. The monoisotopic (exact) mass is 225 g/mol. The molecule has 84 valence electrons. The van der Waals surface area contributed by atoms with E-state index < -0.39 is 0 Å². The van der Waals surface area contributed by atoms with Crippen LogP contribution in [0.3, 0.4) is 0 Å². The standard InChI is InChI=1S/C12H11N5/c13-7-9-2-1-3-10(6-9)16-11-4-5-15-12(8-14)17-11/h1-6H,8,14H2,(H,15,16,17). The van der Waals surface area contributed by atoms with Gasteiger partial charge in [0.1, 0.15) is 11.6 Å². The molecule has 0 aliphatic carbocycles. The van der Waals surface area contributed by atoms with E-state index in [1.807, 2.05) is 12.1 Å². The van der Waals surface area contributed by atoms with Crippen LogP contribution < -0.4 is 11.1 Å². The van der Waals surface area contributed by atoms with Gasteiger partial charge in [-0.2, -0.15) is 5.26 Å². The molecule has 5 nitrogen and oxygen atoms in total. The molecule has 1 aromatic heterocycles. The molecule has 0 spiro atoms. The first-order valence-corrected chi connectivity index (χ1v) is 5.11. The van der Waals surface area contributed by atoms with Crippen molar-refractivity contribution < 1.29 is 0 Å². The molecule has 0 fully saturated rings. The number of benzene rings is 1. The SMILES string of the molecule is N#Cc1cccc(Nc2ccnc(CN)n2)c1. The van der Waals surface area contributed by atoms with Crippen molar-refractivity contribution in [2.45, 2.75) is 6.54 Å². The first kappa shape index (κ1) is 11.0. The number of nitrogens with one attached hydrogen (secondary N) is 1. The van der Waals surface area contributed by atoms with Crippen molar-refractivity contribution in [1.82, 2.24) is 9.97 Å². The largest absolute Gasteiger partial charge is 0.340 e. The van der Waals surface area contributed by atoms with Gasteiger partial charge < -0.3 is 11.1 Å². The van der Waals surface area contributed by atoms with Gasteiger partial charge in [0.05, 0.1) is 18.2 Å². The molecule has 17 heavy (non-hydrogen) atoms. The van der Waals surface area contributed by atoms with E-state index in [4.69, 9.17) is 11.0 Å². The second-order valence-corrected chi connectivity index (χ2v) is 3.38. The summed E-state index contributed by atoms with van der Waals surface area (Å²) >= 11 is 0. The number of hydrogen-bond acceptors (Lipinski definition) is 5. The van der Waals surface area contributed by atoms with Crippen LogP contribution in [0.4, 0.5) is 11.5 Å². The summed E-state index contributed by atoms with van der Waals surface area (Å²) in [6.07, 6.45) is 1.64. The molecule has 2 aromatic rings. The zero-order valence-electron chi connectivity index (χ0n) is 9.09. The zero-order chi connectivity index (χ0) is 12.1. The van der Waals surface area contributed by atoms with Crippen LogP contribution in [0.1, 0.15) is 11.4 Å². The summed E-state index contributed by atoms with van der Waals surface area (Å²) in [5, 5.41) is 11.9. The average Bonchev–Trinajstić information content (AvgIpc) is 2.39. The molecule has 0 radical (unpaired) electrons. The lowest BCUT2D eigenvalue weighted by Crippen LogP contribution is -2.04. The minimum Gasteiger partial charge on any atom is -0.340 e. The van der Waals surface area contributed by atoms with E-state index in [1.165, 1.54) is 0 Å². The fraction of sp³-hybridized carbons (Fsp3) is 0.0833. The lowest BCUT2D eigenvalue weighted by atomic mass is 10.2. The van der Waals surface area contributed by atoms with Crippen LogP contribution in [-0.4, -0.2) is 9.97 Å². The summed E-state index contributed by atoms with van der Waals surface area (Å²) in [6, 6.07) is 11.0. The Bertz CT molecular complexity index is 559. The zero-order valence-corrected chi connectivity index (χ0v) is 9.09. The first-order valence-electron chi connectivity index (χ1n) is 5.11. The van der Waals surface area contributed by atoms with Crippen molar-refractivity contribution in [3.8, 4) is 6.07 Å². The highest BCUT2D eigenvalue weighted by molar-refractivity contribution is 5.58. The smallest absolute Gasteiger partial charge is 0.144 e. The van der Waals surface area contributed by atoms with Crippen LogP contribution in [0, 0.1) is 11.3 Å². The summed E-state index contributed by atoms with van der Waals surface area (Å²) in [5.41, 5.74) is 6.87. The van der Waals surface area contributed by atoms with Gasteiger partial charge in [-0.1, -0.05) is 6.07 Å². The number of aromatic nitrogens is 2. The maximum Gasteiger partial charge on any atom is 0.144 e. The van der Waals surface area contributed by atoms with Crippen molar-refractivity contribution >= 4 is 11.5 Å². The topological polar surface area (TPSA) is 87.6 Å². The van der Waals surface area contributed by atoms with Crippen LogP contribution in [0.2, 0.25) is 0 Å². The second-order valence-electron chi connectivity index (χ2n) is 3.38. The highest BCUT2D eigenvalue weighted by atomic mass is 15.0. The van der Waals surface area contributed by atoms with E-state index in [1.54, 1.807) is 24.4 Å². The molecule has 0 saturated carbocycles. The van der Waals surface area contributed by atoms with Gasteiger partial charge in [-0.3, -0.25) is 0 Å². The predicted molar refractivity (Wildman–Crippen MR) is 64.4 cm³/mol. The third-order valence-electron chi connectivity index (χ3n) is 2.15. The van der Waals surface area contributed by atoms with Gasteiger partial charge >= 0.3 is 0 Å². The lowest BCUT2D eigenvalue weighted by molar-refractivity contribution is 0.912. The molecule has 0 bridgehead atoms. The molecule has 3 N–H and O–H groups in total. The first-order chi connectivity index (χ1) is 8.31. The fourth-order valence-corrected chi connectivity index (χ4v) is 1.38. The molecule has 0 atom stereocenters. The Morgan fingerprint density at radius 3 is 3.00 bits per heavy atom. The van der Waals surface area contributed by atoms with Gasteiger partial charge in [-0.15, -0.1) is 0 Å². The number of nitrogens with zero attached hydrogens (tertiary/aromatic N) is 3. The van der Waals surface area contributed by atoms with E-state index in [-0.39, 0.29) is 0 Å². The molecule has 1 heterocycles. The molecule has 0 amide bonds. The number of nitrogens with two attached hydrogens (primary N) is 1. The molecule has 5 heteroatoms. The third-order valence-corrected chi connectivity index (χ3v) is 2.15. The van der Waals surface area contributed by atoms with Gasteiger partial charge in [-0.05, 0) is 24.3 Å². The van der Waals surface area contributed by atoms with E-state index in [9.17, 15) is 0 Å². The van der Waals surface area contributed by atoms with E-state index in [0.29, 0.717) is 23.8 Å². The second kappa shape index (κ2) is 5.05. The Balaban J connectivity index is 2.22. The van der Waals surface area contributed by atoms with E-state index in [2.05, 4.69) is 21.4 Å². The molecule has 1 aromatic carbocycles. The fourth-order valence-electron chi connectivity index (χ4n) is 1.38. The number of nitriles is 1. The third kappa shape index (κ3) is 2.77. The van der Waals surface area contributed by atoms with Crippen molar-refractivity contribution in [3.63, 3.8) is 0 Å². The predicted octanol–water partition coefficient (Wildman–Crippen LogP) is 1.55. The van der Waals surface area contributed by atoms with Gasteiger partial charge in [0.15, 0.2) is 0 Å². The summed E-state index contributed by atoms with van der Waals surface area (Å²) in [4.78, 5) is 8.22. The summed E-state index contributed by atoms with van der Waals surface area (Å²) in [6.45, 7) is 0.299. The van der Waals surface area contributed by atoms with Crippen molar-refractivity contribution in [2.24, 2.45) is 5.73 Å². The lowest BCUT2D eigenvalue weighted by Gasteiger charge is -2.06. The number of hydrogen-bond donors (Lipinski definition) is 2. The highest BCUT2D eigenvalue weighted by Gasteiger charge is 1.99. The minimum absolute atomic E-state index is 0.299. The minimum atomic E-state index is 0.299. The van der Waals surface area contributed by atoms with Crippen LogP contribution >= 0.6 is 0 Å². The van der Waals surface area contributed by atoms with Crippen LogP contribution in [0.5, 0.6) is 0 Å². The van der Waals surface area contributed by atoms with Crippen molar-refractivity contribution in [2.75, 3.05) is 5.32 Å². The summed E-state index contributed by atoms with van der Waals surface area (Å²) < 4.78 is 0. The van der Waals surface area contributed by atoms with Gasteiger partial charge in [0, 0.05) is 11.9 Å². The van der Waals surface area contributed by atoms with Gasteiger partial charge in [0.25, 0.3) is 0 Å². The summed E-state index contributed by atoms with van der Waals surface area (Å²) in [5.74, 6) is 1.24. The maximum atomic E-state index is 8.79. The Kier molecular flexibility index (Phi) is 3.28. The van der Waals surface area contributed by atoms with Crippen molar-refractivity contribution in [3.05, 3.63) is 47.9 Å². The molecule has 0 saturated heterocycles. The maximum absolute atomic E-state index is 8.79. The summed E-state index contributed by atoms with van der Waals surface area (Å²) in [7, 11) is 0. The Hall–Kier alpha value is -2.45. The molecule has 0 unspecified atom stereocenters. The highest BCUT2D eigenvalue weighted by Crippen LogP contribution is 2.15. The van der Waals surface area contributed by atoms with Gasteiger partial charge in [-0.25, -0.2) is 9.97 Å².